The van der Waals surface area contributed by atoms with E-state index in [-0.39, 0.29) is 29.5 Å². The average Bonchev–Trinajstić information content (AvgIpc) is 3.20. The number of fused-ring (bicyclic) bond motifs is 1. The third-order valence-corrected chi connectivity index (χ3v) is 6.71. The lowest BCUT2D eigenvalue weighted by atomic mass is 9.80. The highest BCUT2D eigenvalue weighted by Crippen LogP contribution is 2.33. The number of rotatable bonds is 6. The first-order chi connectivity index (χ1) is 14.3. The van der Waals surface area contributed by atoms with Crippen LogP contribution in [0, 0.1) is 0 Å². The van der Waals surface area contributed by atoms with Crippen molar-refractivity contribution >= 4 is 29.9 Å². The van der Waals surface area contributed by atoms with Crippen LogP contribution in [0.5, 0.6) is 0 Å². The van der Waals surface area contributed by atoms with Crippen molar-refractivity contribution in [3.8, 4) is 0 Å². The Hall–Kier alpha value is -0.940. The van der Waals surface area contributed by atoms with Crippen LogP contribution in [-0.2, 0) is 24.2 Å². The summed E-state index contributed by atoms with van der Waals surface area (Å²) < 4.78 is 7.87. The van der Waals surface area contributed by atoms with Gasteiger partial charge in [-0.25, -0.2) is 4.99 Å². The van der Waals surface area contributed by atoms with Gasteiger partial charge < -0.3 is 19.9 Å². The lowest BCUT2D eigenvalue weighted by Crippen LogP contribution is -2.60. The predicted molar refractivity (Wildman–Crippen MR) is 129 cm³/mol. The van der Waals surface area contributed by atoms with E-state index in [2.05, 4.69) is 37.2 Å². The first kappa shape index (κ1) is 23.7. The average molecular weight is 531 g/mol. The summed E-state index contributed by atoms with van der Waals surface area (Å²) in [7, 11) is 0. The Morgan fingerprint density at radius 2 is 1.83 bits per heavy atom. The van der Waals surface area contributed by atoms with Gasteiger partial charge in [0.05, 0.1) is 13.2 Å². The van der Waals surface area contributed by atoms with Gasteiger partial charge in [-0.05, 0) is 32.6 Å². The van der Waals surface area contributed by atoms with Gasteiger partial charge in [0.15, 0.2) is 11.8 Å². The molecule has 0 unspecified atom stereocenters. The van der Waals surface area contributed by atoms with Crippen LogP contribution in [0.4, 0.5) is 0 Å². The second-order valence-electron chi connectivity index (χ2n) is 8.57. The summed E-state index contributed by atoms with van der Waals surface area (Å²) in [6, 6.07) is 0. The molecule has 1 saturated carbocycles. The molecule has 1 saturated heterocycles. The molecule has 9 heteroatoms. The number of aromatic nitrogens is 3. The highest BCUT2D eigenvalue weighted by atomic mass is 127. The fraction of sp³-hybridized carbons (Fsp3) is 0.857. The molecule has 4 rings (SSSR count). The van der Waals surface area contributed by atoms with Crippen LogP contribution in [0.2, 0.25) is 0 Å². The van der Waals surface area contributed by atoms with Gasteiger partial charge in [0.1, 0.15) is 12.4 Å². The lowest BCUT2D eigenvalue weighted by molar-refractivity contribution is -0.0352. The number of aliphatic imine (C=N–C) groups is 1. The van der Waals surface area contributed by atoms with Gasteiger partial charge in [-0.15, -0.1) is 34.2 Å². The van der Waals surface area contributed by atoms with E-state index in [0.717, 1.165) is 70.0 Å². The predicted octanol–water partition coefficient (Wildman–Crippen LogP) is 2.32. The largest absolute Gasteiger partial charge is 0.379 e. The molecule has 1 aromatic rings. The molecule has 8 nitrogen and oxygen atoms in total. The van der Waals surface area contributed by atoms with Gasteiger partial charge in [-0.1, -0.05) is 19.3 Å². The summed E-state index contributed by atoms with van der Waals surface area (Å²) in [4.78, 5) is 7.52. The Kier molecular flexibility index (Phi) is 9.18. The Morgan fingerprint density at radius 3 is 2.60 bits per heavy atom. The SMILES string of the molecule is CCNC(=NCc1nnc2n1CCCC2)NCC1(N2CCOCC2)CCCCC1.I. The van der Waals surface area contributed by atoms with E-state index in [1.54, 1.807) is 0 Å². The van der Waals surface area contributed by atoms with Crippen molar-refractivity contribution in [3.05, 3.63) is 11.6 Å². The number of ether oxygens (including phenoxy) is 1. The fourth-order valence-corrected chi connectivity index (χ4v) is 5.08. The molecule has 3 heterocycles. The number of nitrogens with one attached hydrogen (secondary N) is 2. The van der Waals surface area contributed by atoms with Gasteiger partial charge >= 0.3 is 0 Å². The molecule has 30 heavy (non-hydrogen) atoms. The molecular formula is C21H38IN7O. The van der Waals surface area contributed by atoms with Gasteiger partial charge in [0.2, 0.25) is 0 Å². The molecule has 3 aliphatic rings. The minimum absolute atomic E-state index is 0. The molecule has 2 fully saturated rings. The summed E-state index contributed by atoms with van der Waals surface area (Å²) in [5.41, 5.74) is 0.228. The van der Waals surface area contributed by atoms with Crippen molar-refractivity contribution in [3.63, 3.8) is 0 Å². The standard InChI is InChI=1S/C21H37N7O.HI/c1-2-22-20(23-16-19-26-25-18-8-4-7-11-28(18)19)24-17-21(9-5-3-6-10-21)27-12-14-29-15-13-27;/h2-17H2,1H3,(H2,22,23,24);1H. The van der Waals surface area contributed by atoms with E-state index in [1.807, 2.05) is 0 Å². The third kappa shape index (κ3) is 5.64. The summed E-state index contributed by atoms with van der Waals surface area (Å²) in [6.07, 6.45) is 9.98. The van der Waals surface area contributed by atoms with Crippen molar-refractivity contribution in [2.24, 2.45) is 4.99 Å². The first-order valence-corrected chi connectivity index (χ1v) is 11.6. The molecule has 2 N–H and O–H groups in total. The molecule has 1 aromatic heterocycles. The second kappa shape index (κ2) is 11.6. The second-order valence-corrected chi connectivity index (χ2v) is 8.57. The number of hydrogen-bond acceptors (Lipinski definition) is 5. The maximum absolute atomic E-state index is 5.61. The summed E-state index contributed by atoms with van der Waals surface area (Å²) in [6.45, 7) is 9.31. The number of morpholine rings is 1. The zero-order valence-corrected chi connectivity index (χ0v) is 20.7. The molecule has 0 aromatic carbocycles. The van der Waals surface area contributed by atoms with Crippen molar-refractivity contribution in [2.75, 3.05) is 39.4 Å². The van der Waals surface area contributed by atoms with E-state index >= 15 is 0 Å². The van der Waals surface area contributed by atoms with E-state index < -0.39 is 0 Å². The van der Waals surface area contributed by atoms with Crippen LogP contribution < -0.4 is 10.6 Å². The Bertz CT molecular complexity index is 681. The van der Waals surface area contributed by atoms with Crippen LogP contribution in [0.1, 0.15) is 63.5 Å². The molecule has 1 aliphatic carbocycles. The number of aryl methyl sites for hydroxylation is 1. The first-order valence-electron chi connectivity index (χ1n) is 11.6. The highest BCUT2D eigenvalue weighted by Gasteiger charge is 2.38. The normalized spacial score (nSPS) is 22.1. The van der Waals surface area contributed by atoms with Gasteiger partial charge in [-0.2, -0.15) is 0 Å². The molecule has 0 amide bonds. The number of nitrogens with zero attached hydrogens (tertiary/aromatic N) is 5. The van der Waals surface area contributed by atoms with Crippen LogP contribution >= 0.6 is 24.0 Å². The highest BCUT2D eigenvalue weighted by molar-refractivity contribution is 14.0. The molecule has 0 radical (unpaired) electrons. The number of guanidine groups is 1. The third-order valence-electron chi connectivity index (χ3n) is 6.71. The van der Waals surface area contributed by atoms with Crippen molar-refractivity contribution in [1.29, 1.82) is 0 Å². The topological polar surface area (TPSA) is 79.6 Å². The molecule has 0 spiro atoms. The van der Waals surface area contributed by atoms with E-state index in [9.17, 15) is 0 Å². The van der Waals surface area contributed by atoms with Gasteiger partial charge in [0, 0.05) is 44.7 Å². The zero-order chi connectivity index (χ0) is 19.9. The van der Waals surface area contributed by atoms with Crippen molar-refractivity contribution in [2.45, 2.75) is 76.9 Å². The minimum atomic E-state index is 0. The fourth-order valence-electron chi connectivity index (χ4n) is 5.08. The number of halogens is 1. The molecule has 0 bridgehead atoms. The van der Waals surface area contributed by atoms with E-state index in [4.69, 9.17) is 9.73 Å². The van der Waals surface area contributed by atoms with Crippen molar-refractivity contribution in [1.82, 2.24) is 30.3 Å². The summed E-state index contributed by atoms with van der Waals surface area (Å²) >= 11 is 0. The monoisotopic (exact) mass is 531 g/mol. The maximum Gasteiger partial charge on any atom is 0.191 e. The van der Waals surface area contributed by atoms with Crippen molar-refractivity contribution < 1.29 is 4.74 Å². The Morgan fingerprint density at radius 1 is 1.03 bits per heavy atom. The zero-order valence-electron chi connectivity index (χ0n) is 18.4. The number of hydrogen-bond donors (Lipinski definition) is 2. The van der Waals surface area contributed by atoms with Gasteiger partial charge in [-0.3, -0.25) is 4.90 Å². The van der Waals surface area contributed by atoms with Crippen LogP contribution in [0.15, 0.2) is 4.99 Å². The van der Waals surface area contributed by atoms with Crippen LogP contribution in [0.25, 0.3) is 0 Å². The molecule has 170 valence electrons. The Labute approximate surface area is 197 Å². The van der Waals surface area contributed by atoms with Gasteiger partial charge in [0.25, 0.3) is 0 Å². The molecule has 2 aliphatic heterocycles. The van der Waals surface area contributed by atoms with E-state index in [0.29, 0.717) is 6.54 Å². The summed E-state index contributed by atoms with van der Waals surface area (Å²) in [5.74, 6) is 2.99. The smallest absolute Gasteiger partial charge is 0.191 e. The molecule has 0 atom stereocenters. The summed E-state index contributed by atoms with van der Waals surface area (Å²) in [5, 5.41) is 15.8. The van der Waals surface area contributed by atoms with E-state index in [1.165, 1.54) is 44.9 Å². The maximum atomic E-state index is 5.61. The Balaban J connectivity index is 0.00000256. The van der Waals surface area contributed by atoms with Crippen LogP contribution in [0.3, 0.4) is 0 Å². The lowest BCUT2D eigenvalue weighted by Gasteiger charge is -2.48. The minimum Gasteiger partial charge on any atom is -0.379 e. The van der Waals surface area contributed by atoms with Crippen LogP contribution in [-0.4, -0.2) is 70.6 Å². The quantitative estimate of drug-likeness (QED) is 0.334. The molecular weight excluding hydrogens is 493 g/mol.